The Bertz CT molecular complexity index is 925. The molecule has 2 aromatic rings. The molecule has 0 bridgehead atoms. The lowest BCUT2D eigenvalue weighted by Crippen LogP contribution is -2.48. The second kappa shape index (κ2) is 6.85. The number of carbonyl (C=O) groups excluding carboxylic acids is 1. The second-order valence-corrected chi connectivity index (χ2v) is 6.27. The number of amides is 1. The molecule has 1 atom stereocenters. The fourth-order valence-electron chi connectivity index (χ4n) is 3.65. The Kier molecular flexibility index (Phi) is 4.37. The highest BCUT2D eigenvalue weighted by Gasteiger charge is 2.36. The molecule has 2 heterocycles. The lowest BCUT2D eigenvalue weighted by atomic mass is 9.95. The summed E-state index contributed by atoms with van der Waals surface area (Å²) in [5.41, 5.74) is 7.14. The molecule has 0 aliphatic carbocycles. The summed E-state index contributed by atoms with van der Waals surface area (Å²) in [7, 11) is 4.77. The number of nitrogens with zero attached hydrogens (tertiary/aromatic N) is 1. The van der Waals surface area contributed by atoms with E-state index in [9.17, 15) is 4.79 Å². The van der Waals surface area contributed by atoms with E-state index in [0.717, 1.165) is 22.5 Å². The van der Waals surface area contributed by atoms with Gasteiger partial charge in [0.05, 0.1) is 38.3 Å². The van der Waals surface area contributed by atoms with Crippen LogP contribution in [-0.4, -0.2) is 33.8 Å². The third-order valence-corrected chi connectivity index (χ3v) is 4.86. The van der Waals surface area contributed by atoms with Gasteiger partial charge in [0.2, 0.25) is 0 Å². The van der Waals surface area contributed by atoms with Crippen LogP contribution in [0.15, 0.2) is 42.5 Å². The van der Waals surface area contributed by atoms with Crippen LogP contribution in [0, 0.1) is 0 Å². The summed E-state index contributed by atoms with van der Waals surface area (Å²) >= 11 is 0. The molecule has 7 nitrogen and oxygen atoms in total. The van der Waals surface area contributed by atoms with Gasteiger partial charge in [0.15, 0.2) is 11.5 Å². The van der Waals surface area contributed by atoms with Gasteiger partial charge in [0.25, 0.3) is 5.91 Å². The van der Waals surface area contributed by atoms with Crippen molar-refractivity contribution in [3.63, 3.8) is 0 Å². The topological polar surface area (TPSA) is 72.1 Å². The van der Waals surface area contributed by atoms with Gasteiger partial charge in [-0.1, -0.05) is 18.2 Å². The fraction of sp³-hybridized carbons (Fsp3) is 0.250. The van der Waals surface area contributed by atoms with Crippen LogP contribution < -0.4 is 25.2 Å². The van der Waals surface area contributed by atoms with E-state index in [4.69, 9.17) is 14.3 Å². The predicted octanol–water partition coefficient (Wildman–Crippen LogP) is 2.46. The van der Waals surface area contributed by atoms with Crippen LogP contribution in [0.1, 0.15) is 27.7 Å². The zero-order valence-corrected chi connectivity index (χ0v) is 15.4. The monoisotopic (exact) mass is 367 g/mol. The number of hydrogen-bond acceptors (Lipinski definition) is 6. The summed E-state index contributed by atoms with van der Waals surface area (Å²) in [5, 5.41) is 3.10. The molecular weight excluding hydrogens is 346 g/mol. The van der Waals surface area contributed by atoms with Crippen LogP contribution in [0.5, 0.6) is 11.5 Å². The third kappa shape index (κ3) is 2.76. The number of hydrogen-bond donors (Lipinski definition) is 2. The number of para-hydroxylation sites is 1. The molecule has 7 heteroatoms. The van der Waals surface area contributed by atoms with Crippen molar-refractivity contribution >= 4 is 17.3 Å². The summed E-state index contributed by atoms with van der Waals surface area (Å²) in [4.78, 5) is 20.0. The Morgan fingerprint density at radius 3 is 2.59 bits per heavy atom. The normalized spacial score (nSPS) is 17.6. The Hall–Kier alpha value is -3.19. The molecule has 2 aliphatic heterocycles. The summed E-state index contributed by atoms with van der Waals surface area (Å²) in [6.45, 7) is 0.620. The Labute approximate surface area is 157 Å². The maximum absolute atomic E-state index is 12.8. The molecule has 2 aliphatic rings. The van der Waals surface area contributed by atoms with Gasteiger partial charge in [0.1, 0.15) is 6.17 Å². The van der Waals surface area contributed by atoms with Crippen LogP contribution in [0.3, 0.4) is 0 Å². The predicted molar refractivity (Wildman–Crippen MR) is 102 cm³/mol. The Morgan fingerprint density at radius 2 is 1.85 bits per heavy atom. The Morgan fingerprint density at radius 1 is 1.07 bits per heavy atom. The molecular formula is C20H21N3O4. The largest absolute Gasteiger partial charge is 0.493 e. The van der Waals surface area contributed by atoms with Crippen molar-refractivity contribution in [2.45, 2.75) is 6.17 Å². The highest BCUT2D eigenvalue weighted by atomic mass is 16.6. The first kappa shape index (κ1) is 17.2. The summed E-state index contributed by atoms with van der Waals surface area (Å²) in [5.74, 6) is 1.16. The molecule has 2 N–H and O–H groups in total. The summed E-state index contributed by atoms with van der Waals surface area (Å²) < 4.78 is 10.7. The van der Waals surface area contributed by atoms with Crippen LogP contribution in [0.25, 0.3) is 5.70 Å². The van der Waals surface area contributed by atoms with Crippen molar-refractivity contribution in [2.24, 2.45) is 0 Å². The van der Waals surface area contributed by atoms with E-state index in [1.165, 1.54) is 0 Å². The van der Waals surface area contributed by atoms with E-state index < -0.39 is 0 Å². The molecule has 1 amide bonds. The number of hydroxylamine groups is 1. The molecule has 140 valence electrons. The van der Waals surface area contributed by atoms with E-state index in [0.29, 0.717) is 23.6 Å². The molecule has 0 saturated heterocycles. The summed E-state index contributed by atoms with van der Waals surface area (Å²) in [6, 6.07) is 11.4. The SMILES string of the molecule is CONC1=CCN2c3c(cccc31)C(=O)NC2c1ccc(OC)c(OC)c1. The van der Waals surface area contributed by atoms with Gasteiger partial charge < -0.3 is 19.7 Å². The molecule has 0 spiro atoms. The van der Waals surface area contributed by atoms with Gasteiger partial charge in [-0.15, -0.1) is 0 Å². The standard InChI is InChI=1S/C20H21N3O4/c1-25-16-8-7-12(11-17(16)26-2)19-21-20(24)14-6-4-5-13-15(22-27-3)9-10-23(19)18(13)14/h4-9,11,19,22H,10H2,1-3H3,(H,21,24). The Balaban J connectivity index is 1.80. The van der Waals surface area contributed by atoms with Crippen molar-refractivity contribution in [3.05, 3.63) is 59.2 Å². The minimum Gasteiger partial charge on any atom is -0.493 e. The first-order valence-corrected chi connectivity index (χ1v) is 8.60. The van der Waals surface area contributed by atoms with Crippen LogP contribution in [0.2, 0.25) is 0 Å². The van der Waals surface area contributed by atoms with Crippen molar-refractivity contribution in [1.82, 2.24) is 10.8 Å². The van der Waals surface area contributed by atoms with Crippen LogP contribution in [-0.2, 0) is 4.84 Å². The minimum atomic E-state index is -0.314. The average Bonchev–Trinajstić information content (AvgIpc) is 2.71. The molecule has 27 heavy (non-hydrogen) atoms. The maximum atomic E-state index is 12.8. The van der Waals surface area contributed by atoms with Gasteiger partial charge in [0, 0.05) is 12.1 Å². The van der Waals surface area contributed by atoms with E-state index in [-0.39, 0.29) is 12.1 Å². The molecule has 0 radical (unpaired) electrons. The molecule has 4 rings (SSSR count). The third-order valence-electron chi connectivity index (χ3n) is 4.86. The van der Waals surface area contributed by atoms with Gasteiger partial charge in [-0.3, -0.25) is 15.1 Å². The van der Waals surface area contributed by atoms with Crippen molar-refractivity contribution in [2.75, 3.05) is 32.8 Å². The van der Waals surface area contributed by atoms with E-state index in [2.05, 4.69) is 15.7 Å². The van der Waals surface area contributed by atoms with E-state index >= 15 is 0 Å². The molecule has 0 fully saturated rings. The lowest BCUT2D eigenvalue weighted by molar-refractivity contribution is 0.0926. The maximum Gasteiger partial charge on any atom is 0.255 e. The highest BCUT2D eigenvalue weighted by Crippen LogP contribution is 2.41. The van der Waals surface area contributed by atoms with Gasteiger partial charge in [-0.05, 0) is 29.8 Å². The number of rotatable bonds is 5. The second-order valence-electron chi connectivity index (χ2n) is 6.27. The van der Waals surface area contributed by atoms with E-state index in [1.54, 1.807) is 21.3 Å². The number of ether oxygens (including phenoxy) is 2. The van der Waals surface area contributed by atoms with Crippen LogP contribution in [0.4, 0.5) is 5.69 Å². The fourth-order valence-corrected chi connectivity index (χ4v) is 3.65. The lowest BCUT2D eigenvalue weighted by Gasteiger charge is -2.42. The van der Waals surface area contributed by atoms with Crippen LogP contribution >= 0.6 is 0 Å². The molecule has 0 aromatic heterocycles. The van der Waals surface area contributed by atoms with Crippen molar-refractivity contribution < 1.29 is 19.1 Å². The zero-order chi connectivity index (χ0) is 19.0. The number of nitrogens with one attached hydrogen (secondary N) is 2. The zero-order valence-electron chi connectivity index (χ0n) is 15.4. The first-order chi connectivity index (χ1) is 13.2. The van der Waals surface area contributed by atoms with Gasteiger partial charge in [-0.25, -0.2) is 0 Å². The number of methoxy groups -OCH3 is 2. The number of anilines is 1. The highest BCUT2D eigenvalue weighted by molar-refractivity contribution is 6.05. The molecule has 2 aromatic carbocycles. The molecule has 1 unspecified atom stereocenters. The van der Waals surface area contributed by atoms with Crippen molar-refractivity contribution in [3.8, 4) is 11.5 Å². The minimum absolute atomic E-state index is 0.110. The number of carbonyl (C=O) groups is 1. The van der Waals surface area contributed by atoms with Gasteiger partial charge in [-0.2, -0.15) is 0 Å². The average molecular weight is 367 g/mol. The number of benzene rings is 2. The quantitative estimate of drug-likeness (QED) is 0.791. The van der Waals surface area contributed by atoms with Crippen molar-refractivity contribution in [1.29, 1.82) is 0 Å². The summed E-state index contributed by atoms with van der Waals surface area (Å²) in [6.07, 6.45) is 1.73. The van der Waals surface area contributed by atoms with Gasteiger partial charge >= 0.3 is 0 Å². The van der Waals surface area contributed by atoms with E-state index in [1.807, 2.05) is 42.5 Å². The smallest absolute Gasteiger partial charge is 0.255 e. The first-order valence-electron chi connectivity index (χ1n) is 8.60. The molecule has 0 saturated carbocycles.